The summed E-state index contributed by atoms with van der Waals surface area (Å²) in [7, 11) is 0. The molecule has 0 atom stereocenters. The monoisotopic (exact) mass is 310 g/mol. The summed E-state index contributed by atoms with van der Waals surface area (Å²) < 4.78 is 0.103. The van der Waals surface area contributed by atoms with Crippen LogP contribution in [0.25, 0.3) is 0 Å². The van der Waals surface area contributed by atoms with E-state index in [0.29, 0.717) is 0 Å². The van der Waals surface area contributed by atoms with Crippen LogP contribution in [0.1, 0.15) is 22.6 Å². The quantitative estimate of drug-likeness (QED) is 0.650. The first-order valence-corrected chi connectivity index (χ1v) is 7.23. The smallest absolute Gasteiger partial charge is 0.259 e. The third kappa shape index (κ3) is 2.71. The largest absolute Gasteiger partial charge is 0.494 e. The van der Waals surface area contributed by atoms with E-state index in [1.54, 1.807) is 0 Å². The molecule has 0 radical (unpaired) electrons. The lowest BCUT2D eigenvalue weighted by atomic mass is 9.86. The van der Waals surface area contributed by atoms with Crippen LogP contribution in [-0.2, 0) is 0 Å². The van der Waals surface area contributed by atoms with E-state index in [4.69, 9.17) is 12.2 Å². The van der Waals surface area contributed by atoms with Gasteiger partial charge in [-0.05, 0) is 23.3 Å². The molecule has 3 rings (SSSR count). The second-order valence-corrected chi connectivity index (χ2v) is 5.33. The van der Waals surface area contributed by atoms with Crippen molar-refractivity contribution in [1.29, 1.82) is 0 Å². The maximum Gasteiger partial charge on any atom is 0.259 e. The van der Waals surface area contributed by atoms with Gasteiger partial charge < -0.3 is 10.1 Å². The summed E-state index contributed by atoms with van der Waals surface area (Å²) in [6, 6.07) is 19.2. The maximum atomic E-state index is 12.3. The summed E-state index contributed by atoms with van der Waals surface area (Å²) in [5, 5.41) is 10.2. The number of H-pyrrole nitrogens is 2. The summed E-state index contributed by atoms with van der Waals surface area (Å²) in [4.78, 5) is 17.5. The van der Waals surface area contributed by atoms with Crippen molar-refractivity contribution in [2.45, 2.75) is 5.92 Å². The maximum absolute atomic E-state index is 12.3. The van der Waals surface area contributed by atoms with E-state index < -0.39 is 0 Å². The lowest BCUT2D eigenvalue weighted by molar-refractivity contribution is 0.440. The molecule has 1 aromatic heterocycles. The molecule has 22 heavy (non-hydrogen) atoms. The minimum atomic E-state index is -0.390. The van der Waals surface area contributed by atoms with Crippen molar-refractivity contribution in [3.05, 3.63) is 92.5 Å². The zero-order valence-electron chi connectivity index (χ0n) is 11.6. The van der Waals surface area contributed by atoms with Crippen molar-refractivity contribution >= 4 is 12.2 Å². The zero-order valence-corrected chi connectivity index (χ0v) is 12.4. The number of aromatic amines is 2. The molecule has 0 aliphatic rings. The molecule has 0 amide bonds. The first-order chi connectivity index (χ1) is 10.7. The number of aromatic hydroxyl groups is 1. The van der Waals surface area contributed by atoms with E-state index in [0.717, 1.165) is 11.1 Å². The number of nitrogens with one attached hydrogen (secondary N) is 2. The first kappa shape index (κ1) is 14.3. The Morgan fingerprint density at radius 2 is 1.36 bits per heavy atom. The van der Waals surface area contributed by atoms with Crippen LogP contribution in [0.4, 0.5) is 0 Å². The number of rotatable bonds is 3. The van der Waals surface area contributed by atoms with Crippen molar-refractivity contribution in [3.8, 4) is 5.88 Å². The first-order valence-electron chi connectivity index (χ1n) is 6.82. The van der Waals surface area contributed by atoms with Gasteiger partial charge in [0.05, 0.1) is 5.56 Å². The topological polar surface area (TPSA) is 68.9 Å². The molecule has 0 bridgehead atoms. The molecule has 2 aromatic carbocycles. The summed E-state index contributed by atoms with van der Waals surface area (Å²) in [5.74, 6) is -0.579. The van der Waals surface area contributed by atoms with Crippen molar-refractivity contribution < 1.29 is 5.11 Å². The highest BCUT2D eigenvalue weighted by Crippen LogP contribution is 2.33. The van der Waals surface area contributed by atoms with Gasteiger partial charge in [0.15, 0.2) is 10.7 Å². The second-order valence-electron chi connectivity index (χ2n) is 4.92. The standard InChI is InChI=1S/C17H14N2O2S/c20-15-14(16(21)19-17(22)18-15)13(11-7-3-1-4-8-11)12-9-5-2-6-10-12/h1-10,13H,(H3,18,19,20,21,22). The highest BCUT2D eigenvalue weighted by molar-refractivity contribution is 7.71. The second kappa shape index (κ2) is 5.99. The Hall–Kier alpha value is -2.66. The highest BCUT2D eigenvalue weighted by Gasteiger charge is 2.23. The van der Waals surface area contributed by atoms with Crippen LogP contribution in [0.3, 0.4) is 0 Å². The van der Waals surface area contributed by atoms with E-state index in [2.05, 4.69) is 9.97 Å². The lowest BCUT2D eigenvalue weighted by Crippen LogP contribution is -2.19. The molecule has 0 fully saturated rings. The molecule has 0 spiro atoms. The zero-order chi connectivity index (χ0) is 15.5. The van der Waals surface area contributed by atoms with E-state index >= 15 is 0 Å². The molecule has 3 N–H and O–H groups in total. The Morgan fingerprint density at radius 1 is 0.864 bits per heavy atom. The average molecular weight is 310 g/mol. The van der Waals surface area contributed by atoms with E-state index in [1.165, 1.54) is 0 Å². The molecule has 0 saturated carbocycles. The lowest BCUT2D eigenvalue weighted by Gasteiger charge is -2.18. The fraction of sp³-hybridized carbons (Fsp3) is 0.0588. The Kier molecular flexibility index (Phi) is 3.89. The molecule has 110 valence electrons. The summed E-state index contributed by atoms with van der Waals surface area (Å²) in [5.41, 5.74) is 1.70. The highest BCUT2D eigenvalue weighted by atomic mass is 32.1. The van der Waals surface area contributed by atoms with Gasteiger partial charge in [0.1, 0.15) is 0 Å². The van der Waals surface area contributed by atoms with E-state index in [-0.39, 0.29) is 27.7 Å². The van der Waals surface area contributed by atoms with Crippen molar-refractivity contribution in [1.82, 2.24) is 9.97 Å². The van der Waals surface area contributed by atoms with Crippen LogP contribution in [-0.4, -0.2) is 15.1 Å². The third-order valence-corrected chi connectivity index (χ3v) is 3.72. The van der Waals surface area contributed by atoms with Crippen LogP contribution in [0, 0.1) is 4.77 Å². The van der Waals surface area contributed by atoms with Gasteiger partial charge in [0.25, 0.3) is 5.56 Å². The third-order valence-electron chi connectivity index (χ3n) is 3.51. The normalized spacial score (nSPS) is 10.8. The minimum Gasteiger partial charge on any atom is -0.494 e. The fourth-order valence-electron chi connectivity index (χ4n) is 2.57. The molecule has 0 saturated heterocycles. The van der Waals surface area contributed by atoms with Crippen LogP contribution < -0.4 is 5.56 Å². The van der Waals surface area contributed by atoms with Gasteiger partial charge in [-0.25, -0.2) is 0 Å². The molecule has 5 heteroatoms. The fourth-order valence-corrected chi connectivity index (χ4v) is 2.76. The van der Waals surface area contributed by atoms with Crippen LogP contribution >= 0.6 is 12.2 Å². The molecule has 0 aliphatic carbocycles. The minimum absolute atomic E-state index is 0.103. The Balaban J connectivity index is 2.28. The van der Waals surface area contributed by atoms with Crippen LogP contribution in [0.2, 0.25) is 0 Å². The predicted octanol–water partition coefficient (Wildman–Crippen LogP) is 3.32. The van der Waals surface area contributed by atoms with Gasteiger partial charge in [-0.3, -0.25) is 9.78 Å². The number of hydrogen-bond acceptors (Lipinski definition) is 3. The van der Waals surface area contributed by atoms with Gasteiger partial charge >= 0.3 is 0 Å². The number of benzene rings is 2. The molecule has 4 nitrogen and oxygen atoms in total. The van der Waals surface area contributed by atoms with E-state index in [1.807, 2.05) is 60.7 Å². The van der Waals surface area contributed by atoms with Crippen LogP contribution in [0.5, 0.6) is 5.88 Å². The Labute approximate surface area is 132 Å². The summed E-state index contributed by atoms with van der Waals surface area (Å²) in [6.45, 7) is 0. The molecular formula is C17H14N2O2S. The van der Waals surface area contributed by atoms with Crippen molar-refractivity contribution in [2.24, 2.45) is 0 Å². The average Bonchev–Trinajstić information content (AvgIpc) is 2.52. The van der Waals surface area contributed by atoms with Crippen molar-refractivity contribution in [3.63, 3.8) is 0 Å². The Morgan fingerprint density at radius 3 is 1.82 bits per heavy atom. The predicted molar refractivity (Wildman–Crippen MR) is 87.7 cm³/mol. The summed E-state index contributed by atoms with van der Waals surface area (Å²) >= 11 is 4.90. The van der Waals surface area contributed by atoms with Crippen molar-refractivity contribution in [2.75, 3.05) is 0 Å². The van der Waals surface area contributed by atoms with Crippen LogP contribution in [0.15, 0.2) is 65.5 Å². The SMILES string of the molecule is O=c1[nH]c(=S)[nH]c(O)c1C(c1ccccc1)c1ccccc1. The van der Waals surface area contributed by atoms with E-state index in [9.17, 15) is 9.90 Å². The van der Waals surface area contributed by atoms with Gasteiger partial charge in [-0.1, -0.05) is 60.7 Å². The Bertz CT molecular complexity index is 846. The number of hydrogen-bond donors (Lipinski definition) is 3. The molecule has 0 aliphatic heterocycles. The molecule has 0 unspecified atom stereocenters. The molecule has 3 aromatic rings. The van der Waals surface area contributed by atoms with Gasteiger partial charge in [0.2, 0.25) is 0 Å². The molecule has 1 heterocycles. The number of aromatic nitrogens is 2. The summed E-state index contributed by atoms with van der Waals surface area (Å²) in [6.07, 6.45) is 0. The van der Waals surface area contributed by atoms with Gasteiger partial charge in [-0.15, -0.1) is 0 Å². The van der Waals surface area contributed by atoms with Gasteiger partial charge in [0, 0.05) is 5.92 Å². The van der Waals surface area contributed by atoms with Gasteiger partial charge in [-0.2, -0.15) is 0 Å². The molecular weight excluding hydrogens is 296 g/mol.